The van der Waals surface area contributed by atoms with E-state index in [4.69, 9.17) is 4.74 Å². The fourth-order valence-corrected chi connectivity index (χ4v) is 4.25. The van der Waals surface area contributed by atoms with Crippen LogP contribution in [0.5, 0.6) is 0 Å². The molecule has 0 aromatic heterocycles. The number of benzene rings is 1. The first-order valence-corrected chi connectivity index (χ1v) is 11.3. The summed E-state index contributed by atoms with van der Waals surface area (Å²) in [5, 5.41) is 6.45. The highest BCUT2D eigenvalue weighted by molar-refractivity contribution is 14.0. The van der Waals surface area contributed by atoms with Crippen LogP contribution in [0.4, 0.5) is 0 Å². The Bertz CT molecular complexity index is 680. The van der Waals surface area contributed by atoms with Crippen LogP contribution in [0, 0.1) is 0 Å². The maximum Gasteiger partial charge on any atom is 0.191 e. The molecular weight excluding hydrogens is 491 g/mol. The summed E-state index contributed by atoms with van der Waals surface area (Å²) in [7, 11) is -3.23. The van der Waals surface area contributed by atoms with E-state index in [0.717, 1.165) is 38.8 Å². The van der Waals surface area contributed by atoms with Gasteiger partial charge in [-0.2, -0.15) is 0 Å². The van der Waals surface area contributed by atoms with Gasteiger partial charge in [-0.15, -0.1) is 24.0 Å². The Hall–Kier alpha value is -0.910. The summed E-state index contributed by atoms with van der Waals surface area (Å²) in [6, 6.07) is 8.94. The van der Waals surface area contributed by atoms with E-state index in [1.54, 1.807) is 24.3 Å². The van der Waals surface area contributed by atoms with Crippen LogP contribution in [-0.4, -0.2) is 77.0 Å². The third kappa shape index (κ3) is 8.62. The van der Waals surface area contributed by atoms with Gasteiger partial charge >= 0.3 is 0 Å². The van der Waals surface area contributed by atoms with Gasteiger partial charge in [-0.05, 0) is 32.4 Å². The van der Waals surface area contributed by atoms with Crippen LogP contribution >= 0.6 is 24.0 Å². The van der Waals surface area contributed by atoms with E-state index < -0.39 is 9.84 Å². The summed E-state index contributed by atoms with van der Waals surface area (Å²) in [6.07, 6.45) is 0.528. The molecule has 1 aromatic rings. The second-order valence-corrected chi connectivity index (χ2v) is 8.74. The van der Waals surface area contributed by atoms with Crippen molar-refractivity contribution in [3.63, 3.8) is 0 Å². The minimum Gasteiger partial charge on any atom is -0.379 e. The maximum absolute atomic E-state index is 12.3. The molecule has 0 amide bonds. The fourth-order valence-electron chi connectivity index (χ4n) is 2.91. The van der Waals surface area contributed by atoms with E-state index in [2.05, 4.69) is 27.4 Å². The summed E-state index contributed by atoms with van der Waals surface area (Å²) in [6.45, 7) is 9.65. The molecule has 1 unspecified atom stereocenters. The highest BCUT2D eigenvalue weighted by atomic mass is 127. The molecule has 9 heteroatoms. The van der Waals surface area contributed by atoms with Crippen LogP contribution in [-0.2, 0) is 14.6 Å². The molecule has 1 aliphatic rings. The first-order valence-electron chi connectivity index (χ1n) is 9.64. The Kier molecular flexibility index (Phi) is 12.0. The van der Waals surface area contributed by atoms with Crippen molar-refractivity contribution in [2.75, 3.05) is 51.7 Å². The highest BCUT2D eigenvalue weighted by Crippen LogP contribution is 2.10. The molecule has 1 aromatic carbocycles. The number of rotatable bonds is 9. The number of hydrogen-bond donors (Lipinski definition) is 2. The lowest BCUT2D eigenvalue weighted by Crippen LogP contribution is -2.44. The van der Waals surface area contributed by atoms with Crippen LogP contribution in [0.1, 0.15) is 20.3 Å². The van der Waals surface area contributed by atoms with E-state index in [0.29, 0.717) is 30.4 Å². The normalized spacial score (nSPS) is 16.9. The molecule has 1 saturated heterocycles. The molecule has 1 heterocycles. The van der Waals surface area contributed by atoms with Crippen molar-refractivity contribution in [2.24, 2.45) is 4.99 Å². The SMILES string of the molecule is CCNC(=NCC(C)N1CCOCC1)NCCCS(=O)(=O)c1ccccc1.I. The van der Waals surface area contributed by atoms with Gasteiger partial charge in [0, 0.05) is 32.2 Å². The van der Waals surface area contributed by atoms with Gasteiger partial charge in [-0.3, -0.25) is 9.89 Å². The number of aliphatic imine (C=N–C) groups is 1. The van der Waals surface area contributed by atoms with Crippen molar-refractivity contribution < 1.29 is 13.2 Å². The number of morpholine rings is 1. The van der Waals surface area contributed by atoms with Gasteiger partial charge in [0.05, 0.1) is 30.4 Å². The first kappa shape index (κ1) is 25.1. The molecule has 160 valence electrons. The maximum atomic E-state index is 12.3. The van der Waals surface area contributed by atoms with Gasteiger partial charge in [0.15, 0.2) is 15.8 Å². The number of guanidine groups is 1. The van der Waals surface area contributed by atoms with E-state index in [1.807, 2.05) is 13.0 Å². The van der Waals surface area contributed by atoms with Crippen LogP contribution in [0.25, 0.3) is 0 Å². The summed E-state index contributed by atoms with van der Waals surface area (Å²) in [5.41, 5.74) is 0. The van der Waals surface area contributed by atoms with Crippen LogP contribution in [0.15, 0.2) is 40.2 Å². The summed E-state index contributed by atoms with van der Waals surface area (Å²) in [5.74, 6) is 0.850. The zero-order valence-corrected chi connectivity index (χ0v) is 19.9. The quantitative estimate of drug-likeness (QED) is 0.222. The smallest absolute Gasteiger partial charge is 0.191 e. The number of halogens is 1. The Morgan fingerprint density at radius 1 is 1.21 bits per heavy atom. The lowest BCUT2D eigenvalue weighted by molar-refractivity contribution is 0.0220. The lowest BCUT2D eigenvalue weighted by Gasteiger charge is -2.31. The third-order valence-electron chi connectivity index (χ3n) is 4.51. The number of ether oxygens (including phenoxy) is 1. The number of sulfone groups is 1. The van der Waals surface area contributed by atoms with Crippen molar-refractivity contribution in [1.82, 2.24) is 15.5 Å². The van der Waals surface area contributed by atoms with Crippen molar-refractivity contribution in [3.05, 3.63) is 30.3 Å². The zero-order valence-electron chi connectivity index (χ0n) is 16.8. The number of hydrogen-bond acceptors (Lipinski definition) is 5. The standard InChI is InChI=1S/C19H32N4O3S.HI/c1-3-20-19(22-16-17(2)23-11-13-26-14-12-23)21-10-7-15-27(24,25)18-8-5-4-6-9-18;/h4-6,8-9,17H,3,7,10-16H2,1-2H3,(H2,20,21,22);1H. The molecule has 1 atom stereocenters. The molecule has 0 spiro atoms. The van der Waals surface area contributed by atoms with Gasteiger partial charge in [-0.1, -0.05) is 18.2 Å². The molecule has 0 radical (unpaired) electrons. The minimum absolute atomic E-state index is 0. The molecule has 0 saturated carbocycles. The van der Waals surface area contributed by atoms with Gasteiger partial charge < -0.3 is 15.4 Å². The summed E-state index contributed by atoms with van der Waals surface area (Å²) < 4.78 is 30.0. The number of nitrogens with zero attached hydrogens (tertiary/aromatic N) is 2. The van der Waals surface area contributed by atoms with Crippen LogP contribution < -0.4 is 10.6 Å². The molecule has 2 N–H and O–H groups in total. The monoisotopic (exact) mass is 524 g/mol. The molecular formula is C19H33IN4O3S. The van der Waals surface area contributed by atoms with Gasteiger partial charge in [0.2, 0.25) is 0 Å². The summed E-state index contributed by atoms with van der Waals surface area (Å²) in [4.78, 5) is 7.40. The second-order valence-electron chi connectivity index (χ2n) is 6.63. The average molecular weight is 524 g/mol. The van der Waals surface area contributed by atoms with Crippen LogP contribution in [0.2, 0.25) is 0 Å². The predicted molar refractivity (Wildman–Crippen MR) is 124 cm³/mol. The summed E-state index contributed by atoms with van der Waals surface area (Å²) >= 11 is 0. The van der Waals surface area contributed by atoms with Crippen molar-refractivity contribution >= 4 is 39.8 Å². The lowest BCUT2D eigenvalue weighted by atomic mass is 10.2. The van der Waals surface area contributed by atoms with Gasteiger partial charge in [0.1, 0.15) is 0 Å². The second kappa shape index (κ2) is 13.3. The number of nitrogens with one attached hydrogen (secondary N) is 2. The molecule has 2 rings (SSSR count). The van der Waals surface area contributed by atoms with E-state index in [1.165, 1.54) is 0 Å². The predicted octanol–water partition coefficient (Wildman–Crippen LogP) is 1.74. The molecule has 1 fully saturated rings. The van der Waals surface area contributed by atoms with Crippen molar-refractivity contribution in [1.29, 1.82) is 0 Å². The fraction of sp³-hybridized carbons (Fsp3) is 0.632. The van der Waals surface area contributed by atoms with Crippen molar-refractivity contribution in [3.8, 4) is 0 Å². The molecule has 7 nitrogen and oxygen atoms in total. The van der Waals surface area contributed by atoms with Gasteiger partial charge in [-0.25, -0.2) is 8.42 Å². The van der Waals surface area contributed by atoms with E-state index in [-0.39, 0.29) is 29.7 Å². The van der Waals surface area contributed by atoms with Gasteiger partial charge in [0.25, 0.3) is 0 Å². The average Bonchev–Trinajstić information content (AvgIpc) is 2.70. The molecule has 28 heavy (non-hydrogen) atoms. The molecule has 0 aliphatic carbocycles. The van der Waals surface area contributed by atoms with Crippen molar-refractivity contribution in [2.45, 2.75) is 31.2 Å². The van der Waals surface area contributed by atoms with E-state index >= 15 is 0 Å². The Morgan fingerprint density at radius 3 is 2.54 bits per heavy atom. The third-order valence-corrected chi connectivity index (χ3v) is 6.33. The Morgan fingerprint density at radius 2 is 1.89 bits per heavy atom. The topological polar surface area (TPSA) is 83.0 Å². The minimum atomic E-state index is -3.23. The Labute approximate surface area is 186 Å². The van der Waals surface area contributed by atoms with E-state index in [9.17, 15) is 8.42 Å². The molecule has 0 bridgehead atoms. The zero-order chi connectivity index (χ0) is 19.5. The highest BCUT2D eigenvalue weighted by Gasteiger charge is 2.17. The molecule has 1 aliphatic heterocycles. The largest absolute Gasteiger partial charge is 0.379 e. The first-order chi connectivity index (χ1) is 13.0. The Balaban J connectivity index is 0.00000392. The van der Waals surface area contributed by atoms with Crippen LogP contribution in [0.3, 0.4) is 0 Å².